The standard InChI is InChI=1S/C26H29ClN4O2/c1-3-17(2)24(30-25(32)23-16-28-21-6-4-5-7-22(21)29-23)26(33)31-14-12-19(13-15-31)18-8-10-20(27)11-9-18/h4-11,16-17,19,24H,3,12-15H2,1-2H3,(H,30,32)/t17-,24-/m1/s1. The molecule has 2 amide bonds. The molecule has 1 saturated heterocycles. The number of aromatic nitrogens is 2. The molecule has 1 aliphatic rings. The number of fused-ring (bicyclic) bond motifs is 1. The van der Waals surface area contributed by atoms with E-state index < -0.39 is 6.04 Å². The summed E-state index contributed by atoms with van der Waals surface area (Å²) in [4.78, 5) is 37.0. The summed E-state index contributed by atoms with van der Waals surface area (Å²) in [6, 6.07) is 14.8. The Bertz CT molecular complexity index is 1130. The summed E-state index contributed by atoms with van der Waals surface area (Å²) in [5.41, 5.74) is 2.86. The highest BCUT2D eigenvalue weighted by atomic mass is 35.5. The summed E-state index contributed by atoms with van der Waals surface area (Å²) in [6.45, 7) is 5.37. The Morgan fingerprint density at radius 3 is 2.42 bits per heavy atom. The normalized spacial score (nSPS) is 16.4. The monoisotopic (exact) mass is 464 g/mol. The highest BCUT2D eigenvalue weighted by molar-refractivity contribution is 6.30. The number of nitrogens with one attached hydrogen (secondary N) is 1. The zero-order chi connectivity index (χ0) is 23.4. The van der Waals surface area contributed by atoms with Crippen LogP contribution in [0.25, 0.3) is 11.0 Å². The second-order valence-electron chi connectivity index (χ2n) is 8.73. The molecule has 0 bridgehead atoms. The summed E-state index contributed by atoms with van der Waals surface area (Å²) in [6.07, 6.45) is 4.03. The highest BCUT2D eigenvalue weighted by Gasteiger charge is 2.33. The third kappa shape index (κ3) is 5.33. The van der Waals surface area contributed by atoms with E-state index in [1.807, 2.05) is 55.1 Å². The predicted molar refractivity (Wildman–Crippen MR) is 130 cm³/mol. The van der Waals surface area contributed by atoms with Gasteiger partial charge in [-0.3, -0.25) is 14.6 Å². The lowest BCUT2D eigenvalue weighted by atomic mass is 9.88. The van der Waals surface area contributed by atoms with E-state index in [1.54, 1.807) is 0 Å². The van der Waals surface area contributed by atoms with Crippen LogP contribution in [0.4, 0.5) is 0 Å². The lowest BCUT2D eigenvalue weighted by molar-refractivity contribution is -0.135. The number of piperidine rings is 1. The minimum absolute atomic E-state index is 0.00357. The topological polar surface area (TPSA) is 75.2 Å². The van der Waals surface area contributed by atoms with Crippen molar-refractivity contribution < 1.29 is 9.59 Å². The first-order chi connectivity index (χ1) is 16.0. The first kappa shape index (κ1) is 23.2. The molecule has 1 aliphatic heterocycles. The molecule has 2 aromatic carbocycles. The molecule has 1 N–H and O–H groups in total. The summed E-state index contributed by atoms with van der Waals surface area (Å²) < 4.78 is 0. The number of carbonyl (C=O) groups excluding carboxylic acids is 2. The number of amides is 2. The Balaban J connectivity index is 1.43. The van der Waals surface area contributed by atoms with Gasteiger partial charge in [-0.05, 0) is 54.5 Å². The minimum Gasteiger partial charge on any atom is -0.341 e. The molecule has 0 spiro atoms. The van der Waals surface area contributed by atoms with Crippen molar-refractivity contribution in [3.8, 4) is 0 Å². The lowest BCUT2D eigenvalue weighted by Crippen LogP contribution is -2.53. The fraction of sp³-hybridized carbons (Fsp3) is 0.385. The van der Waals surface area contributed by atoms with Gasteiger partial charge >= 0.3 is 0 Å². The van der Waals surface area contributed by atoms with Gasteiger partial charge < -0.3 is 10.2 Å². The Morgan fingerprint density at radius 2 is 1.76 bits per heavy atom. The van der Waals surface area contributed by atoms with Crippen LogP contribution in [-0.2, 0) is 4.79 Å². The van der Waals surface area contributed by atoms with Crippen LogP contribution in [-0.4, -0.2) is 45.8 Å². The third-order valence-corrected chi connectivity index (χ3v) is 6.85. The van der Waals surface area contributed by atoms with Crippen LogP contribution in [0, 0.1) is 5.92 Å². The lowest BCUT2D eigenvalue weighted by Gasteiger charge is -2.36. The molecule has 3 aromatic rings. The minimum atomic E-state index is -0.595. The van der Waals surface area contributed by atoms with Crippen LogP contribution in [0.2, 0.25) is 5.02 Å². The molecule has 4 rings (SSSR count). The molecular weight excluding hydrogens is 436 g/mol. The number of halogens is 1. The third-order valence-electron chi connectivity index (χ3n) is 6.59. The van der Waals surface area contributed by atoms with Gasteiger partial charge in [0.2, 0.25) is 5.91 Å². The van der Waals surface area contributed by atoms with Gasteiger partial charge in [0.1, 0.15) is 11.7 Å². The van der Waals surface area contributed by atoms with Crippen molar-refractivity contribution in [1.82, 2.24) is 20.2 Å². The van der Waals surface area contributed by atoms with E-state index in [1.165, 1.54) is 11.8 Å². The van der Waals surface area contributed by atoms with Gasteiger partial charge in [-0.25, -0.2) is 4.98 Å². The Kier molecular flexibility index (Phi) is 7.23. The maximum Gasteiger partial charge on any atom is 0.272 e. The largest absolute Gasteiger partial charge is 0.341 e. The first-order valence-corrected chi connectivity index (χ1v) is 11.9. The maximum atomic E-state index is 13.4. The number of hydrogen-bond donors (Lipinski definition) is 1. The second kappa shape index (κ2) is 10.3. The molecule has 2 heterocycles. The zero-order valence-corrected chi connectivity index (χ0v) is 19.8. The van der Waals surface area contributed by atoms with Crippen molar-refractivity contribution >= 4 is 34.4 Å². The van der Waals surface area contributed by atoms with Crippen LogP contribution >= 0.6 is 11.6 Å². The number of likely N-dealkylation sites (tertiary alicyclic amines) is 1. The smallest absolute Gasteiger partial charge is 0.272 e. The van der Waals surface area contributed by atoms with Crippen molar-refractivity contribution in [2.75, 3.05) is 13.1 Å². The second-order valence-corrected chi connectivity index (χ2v) is 9.17. The van der Waals surface area contributed by atoms with E-state index in [0.29, 0.717) is 24.5 Å². The molecule has 172 valence electrons. The molecule has 6 nitrogen and oxygen atoms in total. The van der Waals surface area contributed by atoms with Crippen LogP contribution in [0.1, 0.15) is 55.1 Å². The zero-order valence-electron chi connectivity index (χ0n) is 19.0. The van der Waals surface area contributed by atoms with Crippen LogP contribution < -0.4 is 5.32 Å². The van der Waals surface area contributed by atoms with Gasteiger partial charge in [-0.1, -0.05) is 56.1 Å². The molecule has 1 fully saturated rings. The highest BCUT2D eigenvalue weighted by Crippen LogP contribution is 2.29. The van der Waals surface area contributed by atoms with E-state index in [2.05, 4.69) is 27.4 Å². The van der Waals surface area contributed by atoms with Crippen molar-refractivity contribution in [3.63, 3.8) is 0 Å². The van der Waals surface area contributed by atoms with Gasteiger partial charge in [0.05, 0.1) is 17.2 Å². The molecule has 33 heavy (non-hydrogen) atoms. The van der Waals surface area contributed by atoms with E-state index >= 15 is 0 Å². The summed E-state index contributed by atoms with van der Waals surface area (Å²) >= 11 is 6.01. The fourth-order valence-electron chi connectivity index (χ4n) is 4.33. The Hall–Kier alpha value is -2.99. The predicted octanol–water partition coefficient (Wildman–Crippen LogP) is 4.83. The van der Waals surface area contributed by atoms with Crippen LogP contribution in [0.5, 0.6) is 0 Å². The molecule has 0 radical (unpaired) electrons. The van der Waals surface area contributed by atoms with E-state index in [4.69, 9.17) is 11.6 Å². The Labute approximate surface area is 199 Å². The number of carbonyl (C=O) groups is 2. The average Bonchev–Trinajstić information content (AvgIpc) is 2.86. The number of para-hydroxylation sites is 2. The van der Waals surface area contributed by atoms with E-state index in [0.717, 1.165) is 29.8 Å². The van der Waals surface area contributed by atoms with E-state index in [-0.39, 0.29) is 23.4 Å². The summed E-state index contributed by atoms with van der Waals surface area (Å²) in [7, 11) is 0. The quantitative estimate of drug-likeness (QED) is 0.566. The first-order valence-electron chi connectivity index (χ1n) is 11.5. The van der Waals surface area contributed by atoms with Gasteiger partial charge in [0.15, 0.2) is 0 Å². The average molecular weight is 465 g/mol. The van der Waals surface area contributed by atoms with Gasteiger partial charge in [0, 0.05) is 18.1 Å². The van der Waals surface area contributed by atoms with Gasteiger partial charge in [-0.2, -0.15) is 0 Å². The Morgan fingerprint density at radius 1 is 1.09 bits per heavy atom. The van der Waals surface area contributed by atoms with Crippen LogP contribution in [0.15, 0.2) is 54.7 Å². The van der Waals surface area contributed by atoms with Crippen LogP contribution in [0.3, 0.4) is 0 Å². The summed E-state index contributed by atoms with van der Waals surface area (Å²) in [5.74, 6) is 0.0173. The number of nitrogens with zero attached hydrogens (tertiary/aromatic N) is 3. The summed E-state index contributed by atoms with van der Waals surface area (Å²) in [5, 5.41) is 3.68. The van der Waals surface area contributed by atoms with E-state index in [9.17, 15) is 9.59 Å². The fourth-order valence-corrected chi connectivity index (χ4v) is 4.46. The van der Waals surface area contributed by atoms with Crippen molar-refractivity contribution in [3.05, 3.63) is 71.0 Å². The SMILES string of the molecule is CC[C@@H](C)[C@@H](NC(=O)c1cnc2ccccc2n1)C(=O)N1CCC(c2ccc(Cl)cc2)CC1. The molecule has 1 aromatic heterocycles. The van der Waals surface area contributed by atoms with Crippen molar-refractivity contribution in [1.29, 1.82) is 0 Å². The van der Waals surface area contributed by atoms with Gasteiger partial charge in [-0.15, -0.1) is 0 Å². The van der Waals surface area contributed by atoms with Crippen molar-refractivity contribution in [2.24, 2.45) is 5.92 Å². The van der Waals surface area contributed by atoms with Gasteiger partial charge in [0.25, 0.3) is 5.91 Å². The molecule has 0 saturated carbocycles. The maximum absolute atomic E-state index is 13.4. The number of rotatable bonds is 6. The number of benzene rings is 2. The number of hydrogen-bond acceptors (Lipinski definition) is 4. The van der Waals surface area contributed by atoms with Crippen molar-refractivity contribution in [2.45, 2.75) is 45.1 Å². The molecule has 2 atom stereocenters. The molecular formula is C26H29ClN4O2. The molecule has 0 unspecified atom stereocenters. The molecule has 0 aliphatic carbocycles. The molecule has 7 heteroatoms.